The minimum absolute atomic E-state index is 0.340. The van der Waals surface area contributed by atoms with Gasteiger partial charge < -0.3 is 0 Å². The molecule has 1 aliphatic rings. The number of aryl methyl sites for hydroxylation is 1. The summed E-state index contributed by atoms with van der Waals surface area (Å²) in [5.41, 5.74) is 1.70. The van der Waals surface area contributed by atoms with Crippen LogP contribution in [0.2, 0.25) is 14.8 Å². The van der Waals surface area contributed by atoms with Gasteiger partial charge >= 0.3 is 105 Å². The van der Waals surface area contributed by atoms with E-state index in [0.29, 0.717) is 0 Å². The molecule has 1 atom stereocenters. The first-order chi connectivity index (χ1) is 7.41. The number of aromatic nitrogens is 2. The normalized spacial score (nSPS) is 20.1. The van der Waals surface area contributed by atoms with Crippen LogP contribution in [0.1, 0.15) is 12.6 Å². The van der Waals surface area contributed by atoms with Gasteiger partial charge in [-0.3, -0.25) is 0 Å². The average molecular weight is 347 g/mol. The third-order valence-corrected chi connectivity index (χ3v) is 7.84. The molecule has 4 nitrogen and oxygen atoms in total. The van der Waals surface area contributed by atoms with Crippen molar-refractivity contribution in [2.24, 2.45) is 4.99 Å². The van der Waals surface area contributed by atoms with Crippen LogP contribution in [0.25, 0.3) is 0 Å². The fourth-order valence-corrected chi connectivity index (χ4v) is 6.23. The molecule has 0 aliphatic carbocycles. The van der Waals surface area contributed by atoms with Crippen LogP contribution in [0.3, 0.4) is 0 Å². The third-order valence-electron chi connectivity index (χ3n) is 2.54. The number of aliphatic imine (C=N–C) groups is 1. The summed E-state index contributed by atoms with van der Waals surface area (Å²) < 4.78 is 3.11. The Morgan fingerprint density at radius 3 is 2.75 bits per heavy atom. The molecule has 0 amide bonds. The molecule has 0 bridgehead atoms. The third kappa shape index (κ3) is 2.22. The molecule has 2 rings (SSSR count). The first-order valence-electron chi connectivity index (χ1n) is 5.48. The van der Waals surface area contributed by atoms with Crippen LogP contribution in [0.15, 0.2) is 11.2 Å². The summed E-state index contributed by atoms with van der Waals surface area (Å²) in [6.45, 7) is 2.95. The molecule has 0 aromatic carbocycles. The van der Waals surface area contributed by atoms with Crippen molar-refractivity contribution in [1.29, 1.82) is 0 Å². The van der Waals surface area contributed by atoms with Gasteiger partial charge in [0.15, 0.2) is 0 Å². The molecule has 1 N–H and O–H groups in total. The summed E-state index contributed by atoms with van der Waals surface area (Å²) >= 11 is 3.85. The molecule has 1 aliphatic heterocycles. The molecule has 16 heavy (non-hydrogen) atoms. The van der Waals surface area contributed by atoms with Gasteiger partial charge in [0.25, 0.3) is 0 Å². The molecule has 0 spiro atoms. The molecule has 1 aromatic heterocycles. The molecular weight excluding hydrogens is 330 g/mol. The molecule has 0 saturated heterocycles. The predicted molar refractivity (Wildman–Crippen MR) is 71.0 cm³/mol. The minimum atomic E-state index is -2.24. The molecule has 2 heterocycles. The number of hydrogen-bond donors (Lipinski definition) is 1. The van der Waals surface area contributed by atoms with Crippen molar-refractivity contribution in [3.63, 3.8) is 0 Å². The van der Waals surface area contributed by atoms with E-state index in [0.717, 1.165) is 17.9 Å². The average Bonchev–Trinajstić information content (AvgIpc) is 2.57. The van der Waals surface area contributed by atoms with Crippen LogP contribution in [0.5, 0.6) is 0 Å². The summed E-state index contributed by atoms with van der Waals surface area (Å²) in [5, 5.41) is 7.71. The Morgan fingerprint density at radius 2 is 2.19 bits per heavy atom. The Labute approximate surface area is 105 Å². The number of rotatable bonds is 2. The zero-order valence-corrected chi connectivity index (χ0v) is 13.7. The summed E-state index contributed by atoms with van der Waals surface area (Å²) in [4.78, 5) is 11.5. The van der Waals surface area contributed by atoms with Crippen LogP contribution in [0.4, 0.5) is 5.69 Å². The van der Waals surface area contributed by atoms with Crippen LogP contribution in [-0.2, 0) is 6.54 Å². The summed E-state index contributed by atoms with van der Waals surface area (Å²) in [5.74, 6) is 0. The van der Waals surface area contributed by atoms with Crippen LogP contribution in [-0.4, -0.2) is 37.5 Å². The van der Waals surface area contributed by atoms with Crippen LogP contribution >= 0.6 is 11.6 Å². The Hall–Kier alpha value is -0.231. The van der Waals surface area contributed by atoms with Crippen molar-refractivity contribution in [2.75, 3.05) is 5.32 Å². The second-order valence-electron chi connectivity index (χ2n) is 4.95. The van der Waals surface area contributed by atoms with Gasteiger partial charge in [0.2, 0.25) is 0 Å². The molecule has 88 valence electrons. The zero-order valence-electron chi connectivity index (χ0n) is 10.1. The fourth-order valence-electron chi connectivity index (χ4n) is 1.75. The van der Waals surface area contributed by atoms with E-state index in [9.17, 15) is 0 Å². The van der Waals surface area contributed by atoms with E-state index < -0.39 is 18.4 Å². The van der Waals surface area contributed by atoms with Crippen LogP contribution < -0.4 is 5.32 Å². The second kappa shape index (κ2) is 4.22. The predicted octanol–water partition coefficient (Wildman–Crippen LogP) is 2.52. The number of nitrogens with one attached hydrogen (secondary N) is 1. The van der Waals surface area contributed by atoms with E-state index >= 15 is 0 Å². The van der Waals surface area contributed by atoms with Crippen molar-refractivity contribution in [3.05, 3.63) is 11.9 Å². The molecule has 0 radical (unpaired) electrons. The Kier molecular flexibility index (Phi) is 3.22. The van der Waals surface area contributed by atoms with Crippen molar-refractivity contribution < 1.29 is 0 Å². The number of halogens is 1. The van der Waals surface area contributed by atoms with E-state index in [1.807, 2.05) is 10.9 Å². The molecule has 0 fully saturated rings. The van der Waals surface area contributed by atoms with Gasteiger partial charge in [0.1, 0.15) is 0 Å². The topological polar surface area (TPSA) is 42.2 Å². The molecule has 0 saturated carbocycles. The van der Waals surface area contributed by atoms with Crippen molar-refractivity contribution >= 4 is 39.4 Å². The first-order valence-corrected chi connectivity index (χ1v) is 15.9. The maximum atomic E-state index is 6.10. The Bertz CT molecular complexity index is 433. The van der Waals surface area contributed by atoms with E-state index in [1.165, 1.54) is 3.73 Å². The molecular formula is C10H17ClN4Sn. The zero-order chi connectivity index (χ0) is 11.9. The number of hydrogen-bond acceptors (Lipinski definition) is 3. The number of fused-ring (bicyclic) bond motifs is 1. The van der Waals surface area contributed by atoms with Gasteiger partial charge in [-0.25, -0.2) is 0 Å². The van der Waals surface area contributed by atoms with Gasteiger partial charge in [-0.15, -0.1) is 0 Å². The molecule has 1 unspecified atom stereocenters. The second-order valence-corrected chi connectivity index (χ2v) is 19.6. The van der Waals surface area contributed by atoms with E-state index in [2.05, 4.69) is 37.2 Å². The monoisotopic (exact) mass is 348 g/mol. The Morgan fingerprint density at radius 1 is 1.50 bits per heavy atom. The SMILES string of the molecule is CCn1cc2c(n1)[C]([Sn]([CH3])([CH3])[CH3])=NC(Cl)N2. The van der Waals surface area contributed by atoms with Crippen molar-refractivity contribution in [3.8, 4) is 0 Å². The van der Waals surface area contributed by atoms with Gasteiger partial charge in [-0.2, -0.15) is 0 Å². The number of alkyl halides is 1. The quantitative estimate of drug-likeness (QED) is 0.507. The summed E-state index contributed by atoms with van der Waals surface area (Å²) in [6, 6.07) is 0. The van der Waals surface area contributed by atoms with E-state index in [-0.39, 0.29) is 5.62 Å². The van der Waals surface area contributed by atoms with Gasteiger partial charge in [-0.05, 0) is 0 Å². The maximum absolute atomic E-state index is 6.10. The van der Waals surface area contributed by atoms with Gasteiger partial charge in [-0.1, -0.05) is 0 Å². The molecule has 1 aromatic rings. The van der Waals surface area contributed by atoms with E-state index in [1.54, 1.807) is 0 Å². The van der Waals surface area contributed by atoms with Crippen LogP contribution in [0, 0.1) is 0 Å². The van der Waals surface area contributed by atoms with Crippen molar-refractivity contribution in [1.82, 2.24) is 9.78 Å². The summed E-state index contributed by atoms with van der Waals surface area (Å²) in [7, 11) is 0. The standard InChI is InChI=1S/C7H8ClN4.3CH3.Sn/c1-2-12-4-6-5(11-12)3-9-7(8)10-6;;;;/h4,7,10H,2H2,1H3;3*1H3;. The van der Waals surface area contributed by atoms with Crippen molar-refractivity contribution in [2.45, 2.75) is 33.9 Å². The molecule has 6 heteroatoms. The number of anilines is 1. The van der Waals surface area contributed by atoms with Gasteiger partial charge in [0.05, 0.1) is 0 Å². The first kappa shape index (κ1) is 12.2. The van der Waals surface area contributed by atoms with Gasteiger partial charge in [0, 0.05) is 0 Å². The van der Waals surface area contributed by atoms with E-state index in [4.69, 9.17) is 11.6 Å². The number of nitrogens with zero attached hydrogens (tertiary/aromatic N) is 3. The fraction of sp³-hybridized carbons (Fsp3) is 0.600. The Balaban J connectivity index is 2.50. The summed E-state index contributed by atoms with van der Waals surface area (Å²) in [6.07, 6.45) is 2.01.